The summed E-state index contributed by atoms with van der Waals surface area (Å²) >= 11 is 0. The second-order valence-corrected chi connectivity index (χ2v) is 5.32. The van der Waals surface area contributed by atoms with Gasteiger partial charge in [-0.05, 0) is 36.1 Å². The third-order valence-corrected chi connectivity index (χ3v) is 4.07. The lowest BCUT2D eigenvalue weighted by atomic mass is 10.0. The van der Waals surface area contributed by atoms with Crippen molar-refractivity contribution in [2.75, 3.05) is 31.9 Å². The number of alkyl halides is 2. The molecule has 1 aliphatic heterocycles. The summed E-state index contributed by atoms with van der Waals surface area (Å²) in [6.45, 7) is -0.308. The van der Waals surface area contributed by atoms with Crippen LogP contribution in [0.15, 0.2) is 29.4 Å². The van der Waals surface area contributed by atoms with Crippen molar-refractivity contribution in [1.29, 1.82) is 0 Å². The van der Waals surface area contributed by atoms with Gasteiger partial charge in [-0.1, -0.05) is 17.2 Å². The number of halogens is 2. The molecule has 7 heteroatoms. The Labute approximate surface area is 128 Å². The van der Waals surface area contributed by atoms with Gasteiger partial charge in [0.25, 0.3) is 0 Å². The van der Waals surface area contributed by atoms with E-state index in [1.807, 2.05) is 29.2 Å². The fourth-order valence-corrected chi connectivity index (χ4v) is 2.95. The number of anilines is 1. The van der Waals surface area contributed by atoms with E-state index in [1.54, 1.807) is 0 Å². The Bertz CT molecular complexity index is 519. The number of methoxy groups -OCH3 is 1. The van der Waals surface area contributed by atoms with E-state index in [1.165, 1.54) is 7.11 Å². The van der Waals surface area contributed by atoms with Crippen LogP contribution in [0.3, 0.4) is 0 Å². The molecule has 0 saturated carbocycles. The second kappa shape index (κ2) is 7.96. The molecule has 1 saturated heterocycles. The Hall–Kier alpha value is -1.85. The van der Waals surface area contributed by atoms with Crippen molar-refractivity contribution >= 4 is 5.69 Å². The standard InChI is InChI=1S/C15H20F2N4O/c1-22-15(14(10-17)19-20-18)11-4-6-12(7-5-11)21-8-2-3-13(21)9-16/h4-7,13-15H,2-3,8-10H2,1H3/t13-,14+,15+/m0/s1. The first-order valence-electron chi connectivity index (χ1n) is 7.30. The summed E-state index contributed by atoms with van der Waals surface area (Å²) in [4.78, 5) is 4.71. The van der Waals surface area contributed by atoms with Gasteiger partial charge >= 0.3 is 0 Å². The Kier molecular flexibility index (Phi) is 5.98. The highest BCUT2D eigenvalue weighted by Gasteiger charge is 2.26. The zero-order chi connectivity index (χ0) is 15.9. The lowest BCUT2D eigenvalue weighted by Crippen LogP contribution is -2.30. The van der Waals surface area contributed by atoms with Crippen LogP contribution in [0.25, 0.3) is 10.4 Å². The summed E-state index contributed by atoms with van der Waals surface area (Å²) in [7, 11) is 1.45. The SMILES string of the molecule is CO[C@H](c1ccc(N2CCC[C@H]2CF)cc1)[C@@H](CF)N=[N+]=[N-]. The quantitative estimate of drug-likeness (QED) is 0.435. The highest BCUT2D eigenvalue weighted by Crippen LogP contribution is 2.29. The number of benzene rings is 1. The zero-order valence-corrected chi connectivity index (χ0v) is 12.5. The molecule has 2 rings (SSSR count). The van der Waals surface area contributed by atoms with E-state index >= 15 is 0 Å². The van der Waals surface area contributed by atoms with Crippen LogP contribution in [-0.4, -0.2) is 39.1 Å². The molecule has 0 aromatic heterocycles. The molecule has 0 bridgehead atoms. The molecule has 1 aliphatic rings. The van der Waals surface area contributed by atoms with Crippen molar-refractivity contribution in [3.8, 4) is 0 Å². The van der Waals surface area contributed by atoms with Crippen LogP contribution in [0.2, 0.25) is 0 Å². The van der Waals surface area contributed by atoms with Gasteiger partial charge in [-0.25, -0.2) is 4.39 Å². The molecule has 0 spiro atoms. The molecule has 0 amide bonds. The summed E-state index contributed by atoms with van der Waals surface area (Å²) in [6.07, 6.45) is 1.21. The highest BCUT2D eigenvalue weighted by atomic mass is 19.1. The third-order valence-electron chi connectivity index (χ3n) is 4.07. The fraction of sp³-hybridized carbons (Fsp3) is 0.600. The van der Waals surface area contributed by atoms with Gasteiger partial charge in [0, 0.05) is 24.3 Å². The van der Waals surface area contributed by atoms with Crippen molar-refractivity contribution < 1.29 is 13.5 Å². The summed E-state index contributed by atoms with van der Waals surface area (Å²) < 4.78 is 31.2. The van der Waals surface area contributed by atoms with E-state index in [0.717, 1.165) is 30.6 Å². The minimum atomic E-state index is -0.897. The van der Waals surface area contributed by atoms with Gasteiger partial charge in [-0.2, -0.15) is 0 Å². The minimum Gasteiger partial charge on any atom is -0.376 e. The Morgan fingerprint density at radius 2 is 2.14 bits per heavy atom. The van der Waals surface area contributed by atoms with Gasteiger partial charge in [-0.15, -0.1) is 0 Å². The smallest absolute Gasteiger partial charge is 0.110 e. The molecule has 5 nitrogen and oxygen atoms in total. The first-order chi connectivity index (χ1) is 10.7. The van der Waals surface area contributed by atoms with Crippen LogP contribution in [0.1, 0.15) is 24.5 Å². The first kappa shape index (κ1) is 16.5. The summed E-state index contributed by atoms with van der Waals surface area (Å²) in [5, 5.41) is 3.44. The molecule has 1 aromatic rings. The Morgan fingerprint density at radius 3 is 2.68 bits per heavy atom. The van der Waals surface area contributed by atoms with E-state index in [4.69, 9.17) is 10.3 Å². The van der Waals surface area contributed by atoms with Crippen LogP contribution in [0, 0.1) is 0 Å². The van der Waals surface area contributed by atoms with Gasteiger partial charge in [0.15, 0.2) is 0 Å². The third kappa shape index (κ3) is 3.48. The van der Waals surface area contributed by atoms with Crippen molar-refractivity contribution in [2.24, 2.45) is 5.11 Å². The molecule has 3 atom stereocenters. The number of rotatable bonds is 7. The van der Waals surface area contributed by atoms with Gasteiger partial charge < -0.3 is 9.64 Å². The van der Waals surface area contributed by atoms with Gasteiger partial charge in [0.05, 0.1) is 18.2 Å². The van der Waals surface area contributed by atoms with Crippen molar-refractivity contribution in [3.63, 3.8) is 0 Å². The van der Waals surface area contributed by atoms with Crippen LogP contribution in [-0.2, 0) is 4.74 Å². The topological polar surface area (TPSA) is 61.2 Å². The number of hydrogen-bond acceptors (Lipinski definition) is 3. The van der Waals surface area contributed by atoms with Crippen LogP contribution in [0.4, 0.5) is 14.5 Å². The van der Waals surface area contributed by atoms with E-state index in [9.17, 15) is 8.78 Å². The summed E-state index contributed by atoms with van der Waals surface area (Å²) in [5.74, 6) is 0. The van der Waals surface area contributed by atoms with Gasteiger partial charge in [-0.3, -0.25) is 4.39 Å². The van der Waals surface area contributed by atoms with E-state index < -0.39 is 18.8 Å². The van der Waals surface area contributed by atoms with E-state index in [0.29, 0.717) is 0 Å². The van der Waals surface area contributed by atoms with E-state index in [-0.39, 0.29) is 12.7 Å². The van der Waals surface area contributed by atoms with Crippen molar-refractivity contribution in [1.82, 2.24) is 0 Å². The predicted octanol–water partition coefficient (Wildman–Crippen LogP) is 3.96. The average Bonchev–Trinajstić information content (AvgIpc) is 3.04. The minimum absolute atomic E-state index is 0.0640. The van der Waals surface area contributed by atoms with Crippen molar-refractivity contribution in [2.45, 2.75) is 31.0 Å². The Morgan fingerprint density at radius 1 is 1.41 bits per heavy atom. The number of nitrogens with zero attached hydrogens (tertiary/aromatic N) is 4. The highest BCUT2D eigenvalue weighted by molar-refractivity contribution is 5.50. The molecule has 1 fully saturated rings. The predicted molar refractivity (Wildman–Crippen MR) is 81.4 cm³/mol. The molecule has 0 aliphatic carbocycles. The summed E-state index contributed by atoms with van der Waals surface area (Å²) in [6, 6.07) is 6.41. The molecular formula is C15H20F2N4O. The lowest BCUT2D eigenvalue weighted by Gasteiger charge is -2.26. The number of hydrogen-bond donors (Lipinski definition) is 0. The molecule has 0 radical (unpaired) electrons. The van der Waals surface area contributed by atoms with Crippen LogP contribution >= 0.6 is 0 Å². The molecule has 0 N–H and O–H groups in total. The lowest BCUT2D eigenvalue weighted by molar-refractivity contribution is 0.0722. The second-order valence-electron chi connectivity index (χ2n) is 5.32. The molecule has 0 unspecified atom stereocenters. The molecule has 22 heavy (non-hydrogen) atoms. The monoisotopic (exact) mass is 310 g/mol. The molecule has 120 valence electrons. The zero-order valence-electron chi connectivity index (χ0n) is 12.5. The largest absolute Gasteiger partial charge is 0.376 e. The number of azide groups is 1. The van der Waals surface area contributed by atoms with Crippen molar-refractivity contribution in [3.05, 3.63) is 40.3 Å². The fourth-order valence-electron chi connectivity index (χ4n) is 2.95. The summed E-state index contributed by atoms with van der Waals surface area (Å²) in [5.41, 5.74) is 10.2. The van der Waals surface area contributed by atoms with Gasteiger partial charge in [0.2, 0.25) is 0 Å². The maximum atomic E-state index is 13.0. The Balaban J connectivity index is 2.18. The average molecular weight is 310 g/mol. The van der Waals surface area contributed by atoms with E-state index in [2.05, 4.69) is 10.0 Å². The normalized spacial score (nSPS) is 20.5. The maximum Gasteiger partial charge on any atom is 0.110 e. The molecular weight excluding hydrogens is 290 g/mol. The van der Waals surface area contributed by atoms with Crippen LogP contribution in [0.5, 0.6) is 0 Å². The van der Waals surface area contributed by atoms with Crippen LogP contribution < -0.4 is 4.90 Å². The molecule has 1 heterocycles. The maximum absolute atomic E-state index is 13.0. The van der Waals surface area contributed by atoms with Gasteiger partial charge in [0.1, 0.15) is 13.3 Å². The molecule has 1 aromatic carbocycles. The number of ether oxygens (including phenoxy) is 1. The first-order valence-corrected chi connectivity index (χ1v) is 7.30.